The summed E-state index contributed by atoms with van der Waals surface area (Å²) in [7, 11) is 0. The van der Waals surface area contributed by atoms with Crippen LogP contribution in [0.2, 0.25) is 0 Å². The Morgan fingerprint density at radius 3 is 2.67 bits per heavy atom. The van der Waals surface area contributed by atoms with Crippen molar-refractivity contribution in [1.29, 1.82) is 0 Å². The maximum Gasteiger partial charge on any atom is 0.0349 e. The second kappa shape index (κ2) is 4.19. The topological polar surface area (TPSA) is 0 Å². The van der Waals surface area contributed by atoms with Crippen LogP contribution in [0.3, 0.4) is 0 Å². The molecule has 2 rings (SSSR count). The SMILES string of the molecule is CC#CCc1c(C)ccc2ccccc12. The van der Waals surface area contributed by atoms with Crippen molar-refractivity contribution in [2.75, 3.05) is 0 Å². The van der Waals surface area contributed by atoms with E-state index in [2.05, 4.69) is 55.2 Å². The van der Waals surface area contributed by atoms with Crippen LogP contribution in [0.15, 0.2) is 36.4 Å². The van der Waals surface area contributed by atoms with Gasteiger partial charge in [-0.05, 0) is 35.7 Å². The van der Waals surface area contributed by atoms with Gasteiger partial charge in [0.25, 0.3) is 0 Å². The average molecular weight is 194 g/mol. The zero-order valence-corrected chi connectivity index (χ0v) is 9.17. The molecule has 0 saturated heterocycles. The Hall–Kier alpha value is -1.74. The molecule has 74 valence electrons. The minimum Gasteiger partial charge on any atom is -0.106 e. The van der Waals surface area contributed by atoms with E-state index < -0.39 is 0 Å². The Morgan fingerprint density at radius 1 is 1.07 bits per heavy atom. The number of hydrogen-bond donors (Lipinski definition) is 0. The van der Waals surface area contributed by atoms with Crippen LogP contribution in [0.1, 0.15) is 18.1 Å². The van der Waals surface area contributed by atoms with E-state index in [0.29, 0.717) is 0 Å². The molecule has 0 N–H and O–H groups in total. The number of hydrogen-bond acceptors (Lipinski definition) is 0. The molecule has 2 aromatic rings. The first-order valence-corrected chi connectivity index (χ1v) is 5.20. The predicted octanol–water partition coefficient (Wildman–Crippen LogP) is 3.71. The fourth-order valence-corrected chi connectivity index (χ4v) is 1.86. The Balaban J connectivity index is 2.66. The van der Waals surface area contributed by atoms with Crippen LogP contribution in [0.4, 0.5) is 0 Å². The normalized spacial score (nSPS) is 9.73. The highest BCUT2D eigenvalue weighted by atomic mass is 14.1. The summed E-state index contributed by atoms with van der Waals surface area (Å²) in [6.45, 7) is 4.04. The molecule has 0 bridgehead atoms. The van der Waals surface area contributed by atoms with E-state index in [0.717, 1.165) is 6.42 Å². The minimum atomic E-state index is 0.851. The molecule has 0 spiro atoms. The Kier molecular flexibility index (Phi) is 2.74. The molecule has 0 heterocycles. The summed E-state index contributed by atoms with van der Waals surface area (Å²) >= 11 is 0. The van der Waals surface area contributed by atoms with Crippen molar-refractivity contribution in [3.8, 4) is 11.8 Å². The van der Waals surface area contributed by atoms with Crippen LogP contribution in [-0.2, 0) is 6.42 Å². The third kappa shape index (κ3) is 1.87. The molecule has 0 aromatic heterocycles. The molecule has 0 aliphatic carbocycles. The summed E-state index contributed by atoms with van der Waals surface area (Å²) in [5, 5.41) is 2.64. The third-order valence-electron chi connectivity index (χ3n) is 2.72. The van der Waals surface area contributed by atoms with Gasteiger partial charge in [-0.15, -0.1) is 5.92 Å². The second-order valence-corrected chi connectivity index (χ2v) is 3.69. The second-order valence-electron chi connectivity index (χ2n) is 3.69. The molecular formula is C15H14. The quantitative estimate of drug-likeness (QED) is 0.607. The molecule has 0 amide bonds. The van der Waals surface area contributed by atoms with Gasteiger partial charge in [-0.1, -0.05) is 42.3 Å². The fourth-order valence-electron chi connectivity index (χ4n) is 1.86. The molecule has 0 aliphatic rings. The van der Waals surface area contributed by atoms with Gasteiger partial charge in [0.1, 0.15) is 0 Å². The summed E-state index contributed by atoms with van der Waals surface area (Å²) in [6.07, 6.45) is 0.851. The molecule has 0 aliphatic heterocycles. The van der Waals surface area contributed by atoms with Gasteiger partial charge in [0, 0.05) is 6.42 Å². The average Bonchev–Trinajstić information content (AvgIpc) is 2.28. The Labute approximate surface area is 90.9 Å². The van der Waals surface area contributed by atoms with Gasteiger partial charge < -0.3 is 0 Å². The maximum atomic E-state index is 3.15. The lowest BCUT2D eigenvalue weighted by atomic mass is 9.98. The molecule has 0 nitrogen and oxygen atoms in total. The molecular weight excluding hydrogens is 180 g/mol. The summed E-state index contributed by atoms with van der Waals surface area (Å²) in [4.78, 5) is 0. The Morgan fingerprint density at radius 2 is 1.87 bits per heavy atom. The van der Waals surface area contributed by atoms with Crippen molar-refractivity contribution < 1.29 is 0 Å². The van der Waals surface area contributed by atoms with E-state index in [1.807, 2.05) is 6.92 Å². The first kappa shape index (κ1) is 9.80. The highest BCUT2D eigenvalue weighted by Gasteiger charge is 2.02. The first-order chi connectivity index (χ1) is 7.33. The lowest BCUT2D eigenvalue weighted by Crippen LogP contribution is -1.89. The van der Waals surface area contributed by atoms with E-state index in [1.165, 1.54) is 21.9 Å². The zero-order chi connectivity index (χ0) is 10.7. The molecule has 0 atom stereocenters. The third-order valence-corrected chi connectivity index (χ3v) is 2.72. The monoisotopic (exact) mass is 194 g/mol. The minimum absolute atomic E-state index is 0.851. The molecule has 0 radical (unpaired) electrons. The molecule has 0 saturated carbocycles. The standard InChI is InChI=1S/C15H14/c1-3-4-8-14-12(2)10-11-13-7-5-6-9-15(13)14/h5-7,9-11H,8H2,1-2H3. The van der Waals surface area contributed by atoms with Crippen LogP contribution < -0.4 is 0 Å². The first-order valence-electron chi connectivity index (χ1n) is 5.20. The number of rotatable bonds is 1. The molecule has 0 heteroatoms. The summed E-state index contributed by atoms with van der Waals surface area (Å²) in [5.41, 5.74) is 2.69. The zero-order valence-electron chi connectivity index (χ0n) is 9.17. The molecule has 0 fully saturated rings. The van der Waals surface area contributed by atoms with Gasteiger partial charge in [0.05, 0.1) is 0 Å². The van der Waals surface area contributed by atoms with Crippen molar-refractivity contribution in [2.24, 2.45) is 0 Å². The number of benzene rings is 2. The summed E-state index contributed by atoms with van der Waals surface area (Å²) in [6, 6.07) is 12.8. The van der Waals surface area contributed by atoms with Crippen LogP contribution in [-0.4, -0.2) is 0 Å². The van der Waals surface area contributed by atoms with Crippen molar-refractivity contribution >= 4 is 10.8 Å². The van der Waals surface area contributed by atoms with Crippen LogP contribution in [0.25, 0.3) is 10.8 Å². The number of aryl methyl sites for hydroxylation is 1. The van der Waals surface area contributed by atoms with E-state index >= 15 is 0 Å². The lowest BCUT2D eigenvalue weighted by molar-refractivity contribution is 1.28. The lowest BCUT2D eigenvalue weighted by Gasteiger charge is -2.07. The summed E-state index contributed by atoms with van der Waals surface area (Å²) in [5.74, 6) is 6.11. The predicted molar refractivity (Wildman–Crippen MR) is 65.8 cm³/mol. The van der Waals surface area contributed by atoms with Crippen molar-refractivity contribution in [1.82, 2.24) is 0 Å². The highest BCUT2D eigenvalue weighted by Crippen LogP contribution is 2.22. The number of fused-ring (bicyclic) bond motifs is 1. The molecule has 15 heavy (non-hydrogen) atoms. The van der Waals surface area contributed by atoms with Crippen LogP contribution >= 0.6 is 0 Å². The van der Waals surface area contributed by atoms with Crippen LogP contribution in [0.5, 0.6) is 0 Å². The van der Waals surface area contributed by atoms with E-state index in [1.54, 1.807) is 0 Å². The smallest absolute Gasteiger partial charge is 0.0349 e. The van der Waals surface area contributed by atoms with E-state index in [4.69, 9.17) is 0 Å². The molecule has 2 aromatic carbocycles. The van der Waals surface area contributed by atoms with Crippen molar-refractivity contribution in [3.63, 3.8) is 0 Å². The van der Waals surface area contributed by atoms with Gasteiger partial charge in [-0.25, -0.2) is 0 Å². The van der Waals surface area contributed by atoms with Gasteiger partial charge in [-0.2, -0.15) is 0 Å². The largest absolute Gasteiger partial charge is 0.106 e. The maximum absolute atomic E-state index is 3.15. The van der Waals surface area contributed by atoms with Gasteiger partial charge in [0.15, 0.2) is 0 Å². The van der Waals surface area contributed by atoms with Gasteiger partial charge >= 0.3 is 0 Å². The van der Waals surface area contributed by atoms with E-state index in [-0.39, 0.29) is 0 Å². The van der Waals surface area contributed by atoms with Crippen molar-refractivity contribution in [2.45, 2.75) is 20.3 Å². The van der Waals surface area contributed by atoms with Gasteiger partial charge in [0.2, 0.25) is 0 Å². The van der Waals surface area contributed by atoms with Gasteiger partial charge in [-0.3, -0.25) is 0 Å². The fraction of sp³-hybridized carbons (Fsp3) is 0.200. The Bertz CT molecular complexity index is 539. The highest BCUT2D eigenvalue weighted by molar-refractivity contribution is 5.87. The van der Waals surface area contributed by atoms with Crippen LogP contribution in [0, 0.1) is 18.8 Å². The summed E-state index contributed by atoms with van der Waals surface area (Å²) < 4.78 is 0. The van der Waals surface area contributed by atoms with E-state index in [9.17, 15) is 0 Å². The molecule has 0 unspecified atom stereocenters. The van der Waals surface area contributed by atoms with Crippen molar-refractivity contribution in [3.05, 3.63) is 47.5 Å².